The summed E-state index contributed by atoms with van der Waals surface area (Å²) in [6, 6.07) is 10.5. The number of anilines is 1. The van der Waals surface area contributed by atoms with E-state index in [1.54, 1.807) is 24.3 Å². The van der Waals surface area contributed by atoms with Crippen LogP contribution in [-0.4, -0.2) is 41.3 Å². The van der Waals surface area contributed by atoms with Gasteiger partial charge >= 0.3 is 5.97 Å². The highest BCUT2D eigenvalue weighted by atomic mass is 16.6. The van der Waals surface area contributed by atoms with Crippen molar-refractivity contribution in [1.29, 1.82) is 0 Å². The molecule has 4 rings (SSSR count). The third-order valence-corrected chi connectivity index (χ3v) is 6.96. The average Bonchev–Trinajstić information content (AvgIpc) is 3.38. The topological polar surface area (TPSA) is 114 Å². The van der Waals surface area contributed by atoms with Crippen molar-refractivity contribution in [1.82, 2.24) is 10.5 Å². The number of amides is 1. The van der Waals surface area contributed by atoms with E-state index in [0.717, 1.165) is 58.0 Å². The molecular weight excluding hydrogens is 422 g/mol. The van der Waals surface area contributed by atoms with Crippen molar-refractivity contribution in [2.45, 2.75) is 63.1 Å². The largest absolute Gasteiger partial charge is 0.450 e. The maximum atomic E-state index is 13.6. The van der Waals surface area contributed by atoms with Crippen molar-refractivity contribution in [3.05, 3.63) is 48.2 Å². The maximum Gasteiger partial charge on any atom is 0.343 e. The van der Waals surface area contributed by atoms with Crippen LogP contribution in [0.3, 0.4) is 0 Å². The van der Waals surface area contributed by atoms with Gasteiger partial charge in [0.1, 0.15) is 6.26 Å². The number of hydrogen-bond donors (Lipinski definition) is 3. The molecule has 2 aromatic rings. The first-order valence-electron chi connectivity index (χ1n) is 12.0. The molecule has 0 bridgehead atoms. The molecule has 1 saturated heterocycles. The quantitative estimate of drug-likeness (QED) is 0.523. The fourth-order valence-electron chi connectivity index (χ4n) is 5.06. The zero-order chi connectivity index (χ0) is 23.1. The Morgan fingerprint density at radius 3 is 2.52 bits per heavy atom. The summed E-state index contributed by atoms with van der Waals surface area (Å²) in [5.41, 5.74) is -1.28. The number of aliphatic hydroxyl groups is 1. The molecule has 1 aromatic carbocycles. The first-order valence-corrected chi connectivity index (χ1v) is 12.0. The summed E-state index contributed by atoms with van der Waals surface area (Å²) in [5.74, 6) is -0.965. The lowest BCUT2D eigenvalue weighted by atomic mass is 9.73. The normalized spacial score (nSPS) is 20.5. The van der Waals surface area contributed by atoms with Gasteiger partial charge in [-0.05, 0) is 56.7 Å². The Bertz CT molecular complexity index is 892. The maximum absolute atomic E-state index is 13.6. The van der Waals surface area contributed by atoms with Crippen LogP contribution >= 0.6 is 0 Å². The molecular formula is C25H33N3O5. The van der Waals surface area contributed by atoms with Gasteiger partial charge < -0.3 is 25.0 Å². The molecule has 2 aliphatic rings. The molecule has 2 unspecified atom stereocenters. The second kappa shape index (κ2) is 10.9. The summed E-state index contributed by atoms with van der Waals surface area (Å²) < 4.78 is 10.7. The highest BCUT2D eigenvalue weighted by molar-refractivity contribution is 5.95. The van der Waals surface area contributed by atoms with Gasteiger partial charge in [-0.1, -0.05) is 54.8 Å². The van der Waals surface area contributed by atoms with E-state index in [-0.39, 0.29) is 17.7 Å². The zero-order valence-electron chi connectivity index (χ0n) is 18.9. The predicted octanol–water partition coefficient (Wildman–Crippen LogP) is 3.38. The number of nitrogens with one attached hydrogen (secondary N) is 2. The van der Waals surface area contributed by atoms with E-state index in [1.165, 1.54) is 12.3 Å². The van der Waals surface area contributed by atoms with Crippen LogP contribution in [0.15, 0.2) is 47.2 Å². The Kier molecular flexibility index (Phi) is 7.77. The number of esters is 1. The SMILES string of the molecule is O=C(Nc1ccon1)C(CC1CCNCC1)OC(=O)C(O)(c1ccccc1)C1CCCCC1. The van der Waals surface area contributed by atoms with E-state index < -0.39 is 23.6 Å². The van der Waals surface area contributed by atoms with Crippen LogP contribution in [0.4, 0.5) is 5.82 Å². The number of nitrogens with zero attached hydrogens (tertiary/aromatic N) is 1. The molecule has 1 aliphatic heterocycles. The Labute approximate surface area is 194 Å². The standard InChI is InChI=1S/C25H33N3O5/c29-23(27-22-13-16-32-28-22)21(17-18-11-14-26-15-12-18)33-24(30)25(31,19-7-3-1-4-8-19)20-9-5-2-6-10-20/h1,3-4,7-8,13,16,18,20-21,26,31H,2,5-6,9-12,14-15,17H2,(H,27,28,29). The van der Waals surface area contributed by atoms with Crippen LogP contribution in [0.2, 0.25) is 0 Å². The van der Waals surface area contributed by atoms with Gasteiger partial charge in [0.15, 0.2) is 17.5 Å². The Morgan fingerprint density at radius 1 is 1.12 bits per heavy atom. The summed E-state index contributed by atoms with van der Waals surface area (Å²) in [6.07, 6.45) is 7.01. The van der Waals surface area contributed by atoms with Gasteiger partial charge in [0.2, 0.25) is 0 Å². The Balaban J connectivity index is 1.57. The molecule has 2 atom stereocenters. The number of carbonyl (C=O) groups excluding carboxylic acids is 2. The van der Waals surface area contributed by atoms with Gasteiger partial charge in [-0.15, -0.1) is 0 Å². The van der Waals surface area contributed by atoms with Crippen LogP contribution < -0.4 is 10.6 Å². The van der Waals surface area contributed by atoms with Crippen LogP contribution in [0, 0.1) is 11.8 Å². The van der Waals surface area contributed by atoms with Gasteiger partial charge in [0.05, 0.1) is 0 Å². The minimum atomic E-state index is -1.79. The van der Waals surface area contributed by atoms with Crippen molar-refractivity contribution in [3.63, 3.8) is 0 Å². The van der Waals surface area contributed by atoms with Gasteiger partial charge in [0, 0.05) is 12.0 Å². The van der Waals surface area contributed by atoms with Crippen LogP contribution in [-0.2, 0) is 19.9 Å². The van der Waals surface area contributed by atoms with Crippen LogP contribution in [0.5, 0.6) is 0 Å². The van der Waals surface area contributed by atoms with Crippen LogP contribution in [0.25, 0.3) is 0 Å². The molecule has 2 heterocycles. The van der Waals surface area contributed by atoms with Gasteiger partial charge in [-0.2, -0.15) is 0 Å². The third kappa shape index (κ3) is 5.62. The number of piperidine rings is 1. The molecule has 33 heavy (non-hydrogen) atoms. The molecule has 3 N–H and O–H groups in total. The molecule has 8 heteroatoms. The first kappa shape index (κ1) is 23.4. The van der Waals surface area contributed by atoms with Crippen molar-refractivity contribution < 1.29 is 24.0 Å². The summed E-state index contributed by atoms with van der Waals surface area (Å²) in [7, 11) is 0. The molecule has 0 radical (unpaired) electrons. The number of ether oxygens (including phenoxy) is 1. The summed E-state index contributed by atoms with van der Waals surface area (Å²) >= 11 is 0. The van der Waals surface area contributed by atoms with E-state index in [0.29, 0.717) is 12.0 Å². The molecule has 1 aromatic heterocycles. The monoisotopic (exact) mass is 455 g/mol. The Morgan fingerprint density at radius 2 is 1.85 bits per heavy atom. The molecule has 178 valence electrons. The van der Waals surface area contributed by atoms with E-state index in [9.17, 15) is 14.7 Å². The summed E-state index contributed by atoms with van der Waals surface area (Å²) in [4.78, 5) is 26.7. The second-order valence-electron chi connectivity index (χ2n) is 9.16. The van der Waals surface area contributed by atoms with E-state index >= 15 is 0 Å². The van der Waals surface area contributed by atoms with E-state index in [4.69, 9.17) is 9.26 Å². The Hall–Kier alpha value is -2.71. The average molecular weight is 456 g/mol. The number of benzene rings is 1. The molecule has 2 fully saturated rings. The number of aromatic nitrogens is 1. The van der Waals surface area contributed by atoms with E-state index in [1.807, 2.05) is 6.07 Å². The number of hydrogen-bond acceptors (Lipinski definition) is 7. The molecule has 8 nitrogen and oxygen atoms in total. The van der Waals surface area contributed by atoms with Crippen LogP contribution in [0.1, 0.15) is 56.9 Å². The third-order valence-electron chi connectivity index (χ3n) is 6.96. The second-order valence-corrected chi connectivity index (χ2v) is 9.16. The van der Waals surface area contributed by atoms with Gasteiger partial charge in [-0.25, -0.2) is 4.79 Å². The van der Waals surface area contributed by atoms with Crippen molar-refractivity contribution in [3.8, 4) is 0 Å². The highest BCUT2D eigenvalue weighted by Crippen LogP contribution is 2.41. The lowest BCUT2D eigenvalue weighted by Gasteiger charge is -2.38. The lowest BCUT2D eigenvalue weighted by Crippen LogP contribution is -2.48. The number of rotatable bonds is 8. The summed E-state index contributed by atoms with van der Waals surface area (Å²) in [6.45, 7) is 1.73. The fraction of sp³-hybridized carbons (Fsp3) is 0.560. The highest BCUT2D eigenvalue weighted by Gasteiger charge is 2.48. The minimum Gasteiger partial charge on any atom is -0.450 e. The fourth-order valence-corrected chi connectivity index (χ4v) is 5.06. The van der Waals surface area contributed by atoms with E-state index in [2.05, 4.69) is 15.8 Å². The lowest BCUT2D eigenvalue weighted by molar-refractivity contribution is -0.183. The number of carbonyl (C=O) groups is 2. The van der Waals surface area contributed by atoms with Crippen molar-refractivity contribution in [2.24, 2.45) is 11.8 Å². The van der Waals surface area contributed by atoms with Gasteiger partial charge in [-0.3, -0.25) is 4.79 Å². The minimum absolute atomic E-state index is 0.242. The molecule has 1 saturated carbocycles. The predicted molar refractivity (Wildman–Crippen MR) is 122 cm³/mol. The molecule has 1 aliphatic carbocycles. The smallest absolute Gasteiger partial charge is 0.343 e. The summed E-state index contributed by atoms with van der Waals surface area (Å²) in [5, 5.41) is 21.5. The van der Waals surface area contributed by atoms with Gasteiger partial charge in [0.25, 0.3) is 5.91 Å². The van der Waals surface area contributed by atoms with Crippen molar-refractivity contribution in [2.75, 3.05) is 18.4 Å². The molecule has 1 amide bonds. The van der Waals surface area contributed by atoms with Crippen molar-refractivity contribution >= 4 is 17.7 Å². The zero-order valence-corrected chi connectivity index (χ0v) is 18.9. The molecule has 0 spiro atoms. The first-order chi connectivity index (χ1) is 16.1.